The van der Waals surface area contributed by atoms with Gasteiger partial charge in [0.2, 0.25) is 0 Å². The molecule has 2 rings (SSSR count). The maximum atomic E-state index is 6.03. The van der Waals surface area contributed by atoms with Crippen LogP contribution in [-0.4, -0.2) is 36.0 Å². The molecule has 0 saturated carbocycles. The number of nitrogens with one attached hydrogen (secondary N) is 1. The smallest absolute Gasteiger partial charge is 0.0623 e. The Labute approximate surface area is 112 Å². The number of nitrogens with two attached hydrogens (primary N) is 1. The molecular weight excluding hydrogens is 254 g/mol. The molecule has 1 aliphatic rings. The van der Waals surface area contributed by atoms with Gasteiger partial charge in [-0.2, -0.15) is 11.8 Å². The van der Waals surface area contributed by atoms with Crippen LogP contribution in [0.2, 0.25) is 5.02 Å². The van der Waals surface area contributed by atoms with E-state index >= 15 is 0 Å². The number of benzene rings is 1. The largest absolute Gasteiger partial charge is 0.300 e. The first-order valence-corrected chi connectivity index (χ1v) is 7.25. The van der Waals surface area contributed by atoms with E-state index in [1.807, 2.05) is 30.0 Å². The molecule has 3 N–H and O–H groups in total. The summed E-state index contributed by atoms with van der Waals surface area (Å²) in [6.45, 7) is 1.11. The summed E-state index contributed by atoms with van der Waals surface area (Å²) in [6.07, 6.45) is 0. The first kappa shape index (κ1) is 13.2. The van der Waals surface area contributed by atoms with Gasteiger partial charge in [-0.1, -0.05) is 23.7 Å². The molecule has 0 amide bonds. The number of nitrogens with zero attached hydrogens (tertiary/aromatic N) is 1. The van der Waals surface area contributed by atoms with Gasteiger partial charge in [-0.3, -0.25) is 16.2 Å². The fourth-order valence-electron chi connectivity index (χ4n) is 2.19. The third-order valence-corrected chi connectivity index (χ3v) is 4.50. The minimum atomic E-state index is 0.131. The predicted octanol–water partition coefficient (Wildman–Crippen LogP) is 1.89. The van der Waals surface area contributed by atoms with Crippen LogP contribution in [0.1, 0.15) is 11.6 Å². The fourth-order valence-corrected chi connectivity index (χ4v) is 3.66. The number of hydrazine groups is 1. The van der Waals surface area contributed by atoms with Gasteiger partial charge in [-0.15, -0.1) is 0 Å². The molecule has 0 aromatic heterocycles. The Kier molecular flexibility index (Phi) is 4.70. The molecule has 1 heterocycles. The summed E-state index contributed by atoms with van der Waals surface area (Å²) in [5, 5.41) is 0.758. The maximum absolute atomic E-state index is 6.03. The van der Waals surface area contributed by atoms with Crippen molar-refractivity contribution in [3.63, 3.8) is 0 Å². The van der Waals surface area contributed by atoms with Crippen molar-refractivity contribution < 1.29 is 0 Å². The van der Waals surface area contributed by atoms with Gasteiger partial charge in [-0.05, 0) is 24.7 Å². The molecule has 1 aliphatic heterocycles. The van der Waals surface area contributed by atoms with Crippen LogP contribution in [0.5, 0.6) is 0 Å². The molecule has 2 unspecified atom stereocenters. The van der Waals surface area contributed by atoms with E-state index in [1.54, 1.807) is 0 Å². The summed E-state index contributed by atoms with van der Waals surface area (Å²) in [5.41, 5.74) is 4.08. The Morgan fingerprint density at radius 2 is 2.41 bits per heavy atom. The number of halogens is 1. The van der Waals surface area contributed by atoms with E-state index in [-0.39, 0.29) is 6.04 Å². The highest BCUT2D eigenvalue weighted by Gasteiger charge is 2.28. The third kappa shape index (κ3) is 3.14. The SMILES string of the molecule is CN1CCSCC1C(NN)c1cccc(Cl)c1. The van der Waals surface area contributed by atoms with Gasteiger partial charge in [0.1, 0.15) is 0 Å². The second-order valence-electron chi connectivity index (χ2n) is 4.32. The van der Waals surface area contributed by atoms with E-state index in [1.165, 1.54) is 5.75 Å². The molecule has 17 heavy (non-hydrogen) atoms. The van der Waals surface area contributed by atoms with E-state index in [0.717, 1.165) is 22.9 Å². The van der Waals surface area contributed by atoms with Crippen LogP contribution < -0.4 is 11.3 Å². The number of thioether (sulfide) groups is 1. The zero-order valence-electron chi connectivity index (χ0n) is 9.90. The summed E-state index contributed by atoms with van der Waals surface area (Å²) in [4.78, 5) is 2.36. The maximum Gasteiger partial charge on any atom is 0.0623 e. The zero-order chi connectivity index (χ0) is 12.3. The van der Waals surface area contributed by atoms with Crippen molar-refractivity contribution in [3.05, 3.63) is 34.9 Å². The van der Waals surface area contributed by atoms with Gasteiger partial charge in [0.15, 0.2) is 0 Å². The van der Waals surface area contributed by atoms with Crippen molar-refractivity contribution in [2.75, 3.05) is 25.1 Å². The summed E-state index contributed by atoms with van der Waals surface area (Å²) in [6, 6.07) is 8.46. The number of likely N-dealkylation sites (N-methyl/N-ethyl adjacent to an activating group) is 1. The average Bonchev–Trinajstić information content (AvgIpc) is 2.33. The molecule has 1 aromatic rings. The fraction of sp³-hybridized carbons (Fsp3) is 0.500. The van der Waals surface area contributed by atoms with Crippen molar-refractivity contribution in [3.8, 4) is 0 Å². The van der Waals surface area contributed by atoms with Gasteiger partial charge >= 0.3 is 0 Å². The molecular formula is C12H18ClN3S. The lowest BCUT2D eigenvalue weighted by atomic mass is 10.00. The molecule has 3 nitrogen and oxygen atoms in total. The highest BCUT2D eigenvalue weighted by atomic mass is 35.5. The monoisotopic (exact) mass is 271 g/mol. The van der Waals surface area contributed by atoms with Crippen LogP contribution in [0, 0.1) is 0 Å². The van der Waals surface area contributed by atoms with Crippen molar-refractivity contribution in [2.24, 2.45) is 5.84 Å². The molecule has 1 aromatic carbocycles. The van der Waals surface area contributed by atoms with Crippen LogP contribution >= 0.6 is 23.4 Å². The molecule has 0 radical (unpaired) electrons. The highest BCUT2D eigenvalue weighted by molar-refractivity contribution is 7.99. The normalized spacial score (nSPS) is 23.6. The van der Waals surface area contributed by atoms with E-state index in [4.69, 9.17) is 17.4 Å². The van der Waals surface area contributed by atoms with E-state index in [9.17, 15) is 0 Å². The molecule has 5 heteroatoms. The lowest BCUT2D eigenvalue weighted by Crippen LogP contribution is -2.49. The van der Waals surface area contributed by atoms with Crippen molar-refractivity contribution in [1.29, 1.82) is 0 Å². The summed E-state index contributed by atoms with van der Waals surface area (Å²) >= 11 is 8.01. The van der Waals surface area contributed by atoms with Crippen molar-refractivity contribution in [1.82, 2.24) is 10.3 Å². The van der Waals surface area contributed by atoms with Gasteiger partial charge in [0, 0.05) is 29.1 Å². The summed E-state index contributed by atoms with van der Waals surface area (Å²) < 4.78 is 0. The molecule has 2 atom stereocenters. The molecule has 1 fully saturated rings. The lowest BCUT2D eigenvalue weighted by Gasteiger charge is -2.37. The number of hydrogen-bond donors (Lipinski definition) is 2. The molecule has 0 bridgehead atoms. The Hall–Kier alpha value is -0.260. The number of rotatable bonds is 3. The summed E-state index contributed by atoms with van der Waals surface area (Å²) in [5.74, 6) is 8.01. The van der Waals surface area contributed by atoms with Crippen LogP contribution in [0.25, 0.3) is 0 Å². The minimum absolute atomic E-state index is 0.131. The highest BCUT2D eigenvalue weighted by Crippen LogP contribution is 2.27. The minimum Gasteiger partial charge on any atom is -0.300 e. The van der Waals surface area contributed by atoms with Crippen molar-refractivity contribution in [2.45, 2.75) is 12.1 Å². The molecule has 94 valence electrons. The predicted molar refractivity (Wildman–Crippen MR) is 75.3 cm³/mol. The van der Waals surface area contributed by atoms with Crippen LogP contribution in [0.4, 0.5) is 0 Å². The van der Waals surface area contributed by atoms with Crippen LogP contribution in [0.3, 0.4) is 0 Å². The molecule has 0 aliphatic carbocycles. The molecule has 1 saturated heterocycles. The van der Waals surface area contributed by atoms with Crippen molar-refractivity contribution >= 4 is 23.4 Å². The third-order valence-electron chi connectivity index (χ3n) is 3.22. The van der Waals surface area contributed by atoms with E-state index in [0.29, 0.717) is 6.04 Å². The average molecular weight is 272 g/mol. The first-order chi connectivity index (χ1) is 8.22. The van der Waals surface area contributed by atoms with E-state index < -0.39 is 0 Å². The Morgan fingerprint density at radius 3 is 3.06 bits per heavy atom. The Morgan fingerprint density at radius 1 is 1.59 bits per heavy atom. The van der Waals surface area contributed by atoms with Gasteiger partial charge in [0.05, 0.1) is 6.04 Å². The Balaban J connectivity index is 2.20. The zero-order valence-corrected chi connectivity index (χ0v) is 11.5. The topological polar surface area (TPSA) is 41.3 Å². The second kappa shape index (κ2) is 6.07. The van der Waals surface area contributed by atoms with Crippen LogP contribution in [0.15, 0.2) is 24.3 Å². The van der Waals surface area contributed by atoms with Gasteiger partial charge in [0.25, 0.3) is 0 Å². The van der Waals surface area contributed by atoms with Gasteiger partial charge in [-0.25, -0.2) is 0 Å². The first-order valence-electron chi connectivity index (χ1n) is 5.72. The standard InChI is InChI=1S/C12H18ClN3S/c1-16-5-6-17-8-11(16)12(15-14)9-3-2-4-10(13)7-9/h2-4,7,11-12,15H,5-6,8,14H2,1H3. The van der Waals surface area contributed by atoms with Crippen LogP contribution in [-0.2, 0) is 0 Å². The second-order valence-corrected chi connectivity index (χ2v) is 5.91. The quantitative estimate of drug-likeness (QED) is 0.651. The van der Waals surface area contributed by atoms with E-state index in [2.05, 4.69) is 23.4 Å². The number of hydrogen-bond acceptors (Lipinski definition) is 4. The van der Waals surface area contributed by atoms with Gasteiger partial charge < -0.3 is 0 Å². The summed E-state index contributed by atoms with van der Waals surface area (Å²) in [7, 11) is 2.15. The lowest BCUT2D eigenvalue weighted by molar-refractivity contribution is 0.216. The Bertz CT molecular complexity index is 375. The molecule has 0 spiro atoms.